The van der Waals surface area contributed by atoms with Crippen LogP contribution in [-0.2, 0) is 16.1 Å². The van der Waals surface area contributed by atoms with E-state index in [1.807, 2.05) is 6.07 Å². The van der Waals surface area contributed by atoms with E-state index in [9.17, 15) is 9.59 Å². The summed E-state index contributed by atoms with van der Waals surface area (Å²) in [5, 5.41) is 2.87. The van der Waals surface area contributed by atoms with E-state index >= 15 is 0 Å². The van der Waals surface area contributed by atoms with Gasteiger partial charge in [0.1, 0.15) is 5.76 Å². The highest BCUT2D eigenvalue weighted by Crippen LogP contribution is 2.44. The molecule has 2 aliphatic rings. The van der Waals surface area contributed by atoms with Gasteiger partial charge in [-0.2, -0.15) is 0 Å². The van der Waals surface area contributed by atoms with Crippen LogP contribution in [0.15, 0.2) is 22.8 Å². The Balaban J connectivity index is 1.69. The molecule has 2 aliphatic heterocycles. The SMILES string of the molecule is CN(C)C(=O)C1CN(C(=O)NCc2ccco2)CC12CCOCC2. The number of carbonyl (C=O) groups is 2. The number of hydrogen-bond acceptors (Lipinski definition) is 4. The molecule has 1 aromatic heterocycles. The fraction of sp³-hybridized carbons (Fsp3) is 0.647. The van der Waals surface area contributed by atoms with Crippen LogP contribution in [0.4, 0.5) is 4.79 Å². The van der Waals surface area contributed by atoms with E-state index in [2.05, 4.69) is 5.32 Å². The van der Waals surface area contributed by atoms with Crippen LogP contribution < -0.4 is 5.32 Å². The van der Waals surface area contributed by atoms with Crippen molar-refractivity contribution >= 4 is 11.9 Å². The lowest BCUT2D eigenvalue weighted by Crippen LogP contribution is -2.44. The predicted molar refractivity (Wildman–Crippen MR) is 87.2 cm³/mol. The second-order valence-electron chi connectivity index (χ2n) is 6.88. The minimum atomic E-state index is -0.165. The quantitative estimate of drug-likeness (QED) is 0.904. The molecule has 1 aromatic rings. The third-order valence-corrected chi connectivity index (χ3v) is 5.16. The molecule has 3 rings (SSSR count). The summed E-state index contributed by atoms with van der Waals surface area (Å²) in [5.74, 6) is 0.647. The van der Waals surface area contributed by atoms with Gasteiger partial charge in [-0.15, -0.1) is 0 Å². The van der Waals surface area contributed by atoms with Crippen molar-refractivity contribution in [1.82, 2.24) is 15.1 Å². The Hall–Kier alpha value is -2.02. The van der Waals surface area contributed by atoms with Crippen molar-refractivity contribution in [2.75, 3.05) is 40.4 Å². The molecule has 132 valence electrons. The number of likely N-dealkylation sites (tertiary alicyclic amines) is 1. The third kappa shape index (κ3) is 3.26. The van der Waals surface area contributed by atoms with Crippen molar-refractivity contribution in [2.45, 2.75) is 19.4 Å². The highest BCUT2D eigenvalue weighted by Gasteiger charge is 2.52. The van der Waals surface area contributed by atoms with Crippen LogP contribution >= 0.6 is 0 Å². The average molecular weight is 335 g/mol. The van der Waals surface area contributed by atoms with Gasteiger partial charge in [-0.25, -0.2) is 4.79 Å². The van der Waals surface area contributed by atoms with Crippen molar-refractivity contribution in [3.05, 3.63) is 24.2 Å². The Kier molecular flexibility index (Phi) is 4.80. The fourth-order valence-corrected chi connectivity index (χ4v) is 3.75. The largest absolute Gasteiger partial charge is 0.467 e. The number of nitrogens with zero attached hydrogens (tertiary/aromatic N) is 2. The van der Waals surface area contributed by atoms with E-state index in [0.717, 1.165) is 12.8 Å². The molecule has 0 bridgehead atoms. The standard InChI is InChI=1S/C17H25N3O4/c1-19(2)15(21)14-11-20(12-17(14)5-8-23-9-6-17)16(22)18-10-13-4-3-7-24-13/h3-4,7,14H,5-6,8-12H2,1-2H3,(H,18,22). The molecule has 3 amide bonds. The van der Waals surface area contributed by atoms with Crippen LogP contribution in [0.1, 0.15) is 18.6 Å². The molecule has 2 saturated heterocycles. The molecule has 1 spiro atoms. The number of carbonyl (C=O) groups excluding carboxylic acids is 2. The summed E-state index contributed by atoms with van der Waals surface area (Å²) in [4.78, 5) is 28.6. The molecule has 0 radical (unpaired) electrons. The number of nitrogens with one attached hydrogen (secondary N) is 1. The van der Waals surface area contributed by atoms with Crippen molar-refractivity contribution in [2.24, 2.45) is 11.3 Å². The molecule has 7 nitrogen and oxygen atoms in total. The molecule has 7 heteroatoms. The Labute approximate surface area is 141 Å². The Morgan fingerprint density at radius 2 is 2.12 bits per heavy atom. The van der Waals surface area contributed by atoms with Crippen LogP contribution in [0.3, 0.4) is 0 Å². The summed E-state index contributed by atoms with van der Waals surface area (Å²) < 4.78 is 10.7. The van der Waals surface area contributed by atoms with Crippen LogP contribution in [0.25, 0.3) is 0 Å². The van der Waals surface area contributed by atoms with E-state index in [1.165, 1.54) is 0 Å². The molecule has 24 heavy (non-hydrogen) atoms. The lowest BCUT2D eigenvalue weighted by molar-refractivity contribution is -0.138. The smallest absolute Gasteiger partial charge is 0.317 e. The lowest BCUT2D eigenvalue weighted by atomic mass is 9.71. The van der Waals surface area contributed by atoms with E-state index in [0.29, 0.717) is 38.6 Å². The summed E-state index contributed by atoms with van der Waals surface area (Å²) in [7, 11) is 3.55. The average Bonchev–Trinajstić information content (AvgIpc) is 3.21. The zero-order valence-corrected chi connectivity index (χ0v) is 14.3. The molecule has 2 fully saturated rings. The molecule has 1 N–H and O–H groups in total. The van der Waals surface area contributed by atoms with Crippen molar-refractivity contribution < 1.29 is 18.7 Å². The van der Waals surface area contributed by atoms with Gasteiger partial charge in [-0.3, -0.25) is 4.79 Å². The maximum atomic E-state index is 12.6. The maximum absolute atomic E-state index is 12.6. The van der Waals surface area contributed by atoms with Gasteiger partial charge in [-0.05, 0) is 25.0 Å². The first kappa shape index (κ1) is 16.8. The van der Waals surface area contributed by atoms with Crippen molar-refractivity contribution in [1.29, 1.82) is 0 Å². The number of amides is 3. The van der Waals surface area contributed by atoms with Gasteiger partial charge in [0.05, 0.1) is 18.7 Å². The second kappa shape index (κ2) is 6.84. The number of rotatable bonds is 3. The van der Waals surface area contributed by atoms with Gasteiger partial charge >= 0.3 is 6.03 Å². The molecule has 1 unspecified atom stereocenters. The Morgan fingerprint density at radius 1 is 1.38 bits per heavy atom. The number of ether oxygens (including phenoxy) is 1. The van der Waals surface area contributed by atoms with E-state index < -0.39 is 0 Å². The lowest BCUT2D eigenvalue weighted by Gasteiger charge is -2.37. The van der Waals surface area contributed by atoms with Crippen LogP contribution in [0, 0.1) is 11.3 Å². The molecule has 0 saturated carbocycles. The molecule has 3 heterocycles. The van der Waals surface area contributed by atoms with Crippen LogP contribution in [0.5, 0.6) is 0 Å². The summed E-state index contributed by atoms with van der Waals surface area (Å²) >= 11 is 0. The molecule has 0 aromatic carbocycles. The molecule has 1 atom stereocenters. The van der Waals surface area contributed by atoms with Gasteiger partial charge in [0, 0.05) is 45.8 Å². The Morgan fingerprint density at radius 3 is 2.75 bits per heavy atom. The van der Waals surface area contributed by atoms with Gasteiger partial charge in [-0.1, -0.05) is 0 Å². The van der Waals surface area contributed by atoms with E-state index in [-0.39, 0.29) is 23.3 Å². The molecule has 0 aliphatic carbocycles. The normalized spacial score (nSPS) is 22.6. The van der Waals surface area contributed by atoms with E-state index in [4.69, 9.17) is 9.15 Å². The van der Waals surface area contributed by atoms with Crippen LogP contribution in [-0.4, -0.2) is 62.1 Å². The monoisotopic (exact) mass is 335 g/mol. The zero-order chi connectivity index (χ0) is 17.2. The third-order valence-electron chi connectivity index (χ3n) is 5.16. The second-order valence-corrected chi connectivity index (χ2v) is 6.88. The first-order valence-corrected chi connectivity index (χ1v) is 8.36. The molecular formula is C17H25N3O4. The highest BCUT2D eigenvalue weighted by molar-refractivity contribution is 5.82. The number of hydrogen-bond donors (Lipinski definition) is 1. The first-order valence-electron chi connectivity index (χ1n) is 8.36. The van der Waals surface area contributed by atoms with Crippen molar-refractivity contribution in [3.8, 4) is 0 Å². The van der Waals surface area contributed by atoms with Crippen LogP contribution in [0.2, 0.25) is 0 Å². The van der Waals surface area contributed by atoms with Gasteiger partial charge in [0.15, 0.2) is 0 Å². The minimum absolute atomic E-state index is 0.0956. The molecular weight excluding hydrogens is 310 g/mol. The number of furan rings is 1. The highest BCUT2D eigenvalue weighted by atomic mass is 16.5. The zero-order valence-electron chi connectivity index (χ0n) is 14.3. The van der Waals surface area contributed by atoms with Gasteiger partial charge < -0.3 is 24.3 Å². The topological polar surface area (TPSA) is 75.0 Å². The summed E-state index contributed by atoms with van der Waals surface area (Å²) in [6.07, 6.45) is 3.22. The van der Waals surface area contributed by atoms with Gasteiger partial charge in [0.2, 0.25) is 5.91 Å². The summed E-state index contributed by atoms with van der Waals surface area (Å²) in [5.41, 5.74) is -0.165. The minimum Gasteiger partial charge on any atom is -0.467 e. The van der Waals surface area contributed by atoms with Gasteiger partial charge in [0.25, 0.3) is 0 Å². The Bertz CT molecular complexity index is 579. The maximum Gasteiger partial charge on any atom is 0.317 e. The number of urea groups is 1. The fourth-order valence-electron chi connectivity index (χ4n) is 3.75. The van der Waals surface area contributed by atoms with Crippen molar-refractivity contribution in [3.63, 3.8) is 0 Å². The first-order chi connectivity index (χ1) is 11.5. The summed E-state index contributed by atoms with van der Waals surface area (Å²) in [6.45, 7) is 2.72. The summed E-state index contributed by atoms with van der Waals surface area (Å²) in [6, 6.07) is 3.47. The van der Waals surface area contributed by atoms with E-state index in [1.54, 1.807) is 36.2 Å². The predicted octanol–water partition coefficient (Wildman–Crippen LogP) is 1.31.